The first kappa shape index (κ1) is 26.8. The van der Waals surface area contributed by atoms with Gasteiger partial charge < -0.3 is 29.1 Å². The highest BCUT2D eigenvalue weighted by Gasteiger charge is 2.46. The lowest BCUT2D eigenvalue weighted by atomic mass is 9.95. The Morgan fingerprint density at radius 1 is 0.921 bits per heavy atom. The summed E-state index contributed by atoms with van der Waals surface area (Å²) in [5, 5.41) is 11.3. The first-order valence-corrected chi connectivity index (χ1v) is 12.3. The molecule has 0 saturated carbocycles. The molecule has 0 bridgehead atoms. The number of hydrogen-bond acceptors (Lipinski definition) is 7. The number of ketones is 1. The molecule has 198 valence electrons. The number of amides is 1. The van der Waals surface area contributed by atoms with Crippen molar-refractivity contribution < 1.29 is 28.9 Å². The third-order valence-corrected chi connectivity index (χ3v) is 6.41. The average molecular weight is 517 g/mol. The van der Waals surface area contributed by atoms with Crippen molar-refractivity contribution in [2.45, 2.75) is 12.6 Å². The second kappa shape index (κ2) is 11.8. The number of aliphatic hydroxyl groups is 1. The van der Waals surface area contributed by atoms with Crippen LogP contribution < -0.4 is 14.2 Å². The molecule has 1 amide bonds. The van der Waals surface area contributed by atoms with Gasteiger partial charge in [0.25, 0.3) is 11.7 Å². The molecular weight excluding hydrogens is 484 g/mol. The lowest BCUT2D eigenvalue weighted by molar-refractivity contribution is -0.140. The van der Waals surface area contributed by atoms with Gasteiger partial charge in [0, 0.05) is 18.7 Å². The van der Waals surface area contributed by atoms with Gasteiger partial charge in [-0.2, -0.15) is 0 Å². The van der Waals surface area contributed by atoms with Crippen LogP contribution in [-0.2, 0) is 16.2 Å². The molecule has 8 heteroatoms. The highest BCUT2D eigenvalue weighted by atomic mass is 16.5. The number of hydrogen-bond donors (Lipinski definition) is 1. The third-order valence-electron chi connectivity index (χ3n) is 6.41. The second-order valence-corrected chi connectivity index (χ2v) is 9.21. The second-order valence-electron chi connectivity index (χ2n) is 9.21. The molecule has 1 N–H and O–H groups in total. The first-order chi connectivity index (χ1) is 18.3. The SMILES string of the molecule is COc1cccc(/C(O)=C2\C(=O)C(=O)N(CCN(C)C)[C@H]2c2ccc(OCc3ccccc3)c(OC)c2)c1. The Hall–Kier alpha value is -4.30. The van der Waals surface area contributed by atoms with Gasteiger partial charge in [-0.3, -0.25) is 9.59 Å². The Morgan fingerprint density at radius 3 is 2.37 bits per heavy atom. The number of likely N-dealkylation sites (tertiary alicyclic amines) is 1. The molecule has 0 aromatic heterocycles. The van der Waals surface area contributed by atoms with E-state index in [2.05, 4.69) is 0 Å². The maximum absolute atomic E-state index is 13.3. The van der Waals surface area contributed by atoms with Crippen LogP contribution in [-0.4, -0.2) is 68.0 Å². The minimum atomic E-state index is -0.807. The number of rotatable bonds is 10. The molecule has 1 heterocycles. The molecule has 0 radical (unpaired) electrons. The minimum absolute atomic E-state index is 0.0158. The van der Waals surface area contributed by atoms with Crippen LogP contribution in [0.2, 0.25) is 0 Å². The van der Waals surface area contributed by atoms with Crippen molar-refractivity contribution in [3.8, 4) is 17.2 Å². The fraction of sp³-hybridized carbons (Fsp3) is 0.267. The summed E-state index contributed by atoms with van der Waals surface area (Å²) in [7, 11) is 6.84. The van der Waals surface area contributed by atoms with E-state index >= 15 is 0 Å². The topological polar surface area (TPSA) is 88.5 Å². The van der Waals surface area contributed by atoms with Gasteiger partial charge in [0.2, 0.25) is 0 Å². The summed E-state index contributed by atoms with van der Waals surface area (Å²) in [6.45, 7) is 1.19. The number of carbonyl (C=O) groups excluding carboxylic acids is 2. The van der Waals surface area contributed by atoms with Gasteiger partial charge in [0.1, 0.15) is 18.1 Å². The molecular formula is C30H32N2O6. The van der Waals surface area contributed by atoms with Gasteiger partial charge in [0.15, 0.2) is 11.5 Å². The molecule has 4 rings (SSSR count). The smallest absolute Gasteiger partial charge is 0.295 e. The van der Waals surface area contributed by atoms with Crippen molar-refractivity contribution in [1.29, 1.82) is 0 Å². The summed E-state index contributed by atoms with van der Waals surface area (Å²) < 4.78 is 16.9. The van der Waals surface area contributed by atoms with Crippen molar-refractivity contribution in [1.82, 2.24) is 9.80 Å². The summed E-state index contributed by atoms with van der Waals surface area (Å²) in [6.07, 6.45) is 0. The Bertz CT molecular complexity index is 1340. The van der Waals surface area contributed by atoms with E-state index in [-0.39, 0.29) is 11.3 Å². The van der Waals surface area contributed by atoms with Crippen LogP contribution in [0.1, 0.15) is 22.7 Å². The third kappa shape index (κ3) is 5.65. The fourth-order valence-corrected chi connectivity index (χ4v) is 4.40. The molecule has 1 aliphatic heterocycles. The zero-order valence-corrected chi connectivity index (χ0v) is 22.0. The summed E-state index contributed by atoms with van der Waals surface area (Å²) in [5.74, 6) is -0.157. The highest BCUT2D eigenvalue weighted by Crippen LogP contribution is 2.42. The zero-order valence-electron chi connectivity index (χ0n) is 22.0. The minimum Gasteiger partial charge on any atom is -0.507 e. The number of Topliss-reactive ketones (excluding diaryl/α,β-unsaturated/α-hetero) is 1. The molecule has 1 saturated heterocycles. The predicted octanol–water partition coefficient (Wildman–Crippen LogP) is 4.27. The molecule has 1 aliphatic rings. The molecule has 0 aliphatic carbocycles. The summed E-state index contributed by atoms with van der Waals surface area (Å²) >= 11 is 0. The Labute approximate surface area is 222 Å². The maximum Gasteiger partial charge on any atom is 0.295 e. The number of benzene rings is 3. The lowest BCUT2D eigenvalue weighted by Crippen LogP contribution is -2.35. The van der Waals surface area contributed by atoms with Crippen LogP contribution in [0.15, 0.2) is 78.4 Å². The van der Waals surface area contributed by atoms with Gasteiger partial charge in [0.05, 0.1) is 25.8 Å². The van der Waals surface area contributed by atoms with Gasteiger partial charge in [-0.1, -0.05) is 48.5 Å². The van der Waals surface area contributed by atoms with Gasteiger partial charge in [-0.15, -0.1) is 0 Å². The highest BCUT2D eigenvalue weighted by molar-refractivity contribution is 6.46. The molecule has 1 atom stereocenters. The number of carbonyl (C=O) groups is 2. The maximum atomic E-state index is 13.3. The van der Waals surface area contributed by atoms with Crippen LogP contribution in [0.25, 0.3) is 5.76 Å². The first-order valence-electron chi connectivity index (χ1n) is 12.3. The Kier molecular flexibility index (Phi) is 8.33. The molecule has 0 unspecified atom stereocenters. The molecule has 38 heavy (non-hydrogen) atoms. The lowest BCUT2D eigenvalue weighted by Gasteiger charge is -2.27. The van der Waals surface area contributed by atoms with E-state index in [4.69, 9.17) is 14.2 Å². The normalized spacial score (nSPS) is 16.7. The van der Waals surface area contributed by atoms with Crippen molar-refractivity contribution in [3.05, 3.63) is 95.1 Å². The van der Waals surface area contributed by atoms with Crippen LogP contribution in [0, 0.1) is 0 Å². The van der Waals surface area contributed by atoms with E-state index < -0.39 is 17.7 Å². The summed E-state index contributed by atoms with van der Waals surface area (Å²) in [6, 6.07) is 21.0. The van der Waals surface area contributed by atoms with Crippen LogP contribution in [0.5, 0.6) is 17.2 Å². The van der Waals surface area contributed by atoms with Gasteiger partial charge >= 0.3 is 0 Å². The fourth-order valence-electron chi connectivity index (χ4n) is 4.40. The summed E-state index contributed by atoms with van der Waals surface area (Å²) in [4.78, 5) is 29.9. The van der Waals surface area contributed by atoms with Crippen LogP contribution >= 0.6 is 0 Å². The van der Waals surface area contributed by atoms with Crippen molar-refractivity contribution in [3.63, 3.8) is 0 Å². The number of likely N-dealkylation sites (N-methyl/N-ethyl adjacent to an activating group) is 1. The van der Waals surface area contributed by atoms with E-state index in [1.807, 2.05) is 49.3 Å². The van der Waals surface area contributed by atoms with Gasteiger partial charge in [-0.25, -0.2) is 0 Å². The van der Waals surface area contributed by atoms with Crippen LogP contribution in [0.3, 0.4) is 0 Å². The van der Waals surface area contributed by atoms with Crippen molar-refractivity contribution in [2.75, 3.05) is 41.4 Å². The molecule has 8 nitrogen and oxygen atoms in total. The quantitative estimate of drug-likeness (QED) is 0.245. The van der Waals surface area contributed by atoms with E-state index in [1.165, 1.54) is 19.1 Å². The van der Waals surface area contributed by atoms with E-state index in [9.17, 15) is 14.7 Å². The van der Waals surface area contributed by atoms with E-state index in [1.54, 1.807) is 42.5 Å². The standard InChI is InChI=1S/C30H32N2O6/c1-31(2)15-16-32-27(26(29(34)30(32)35)28(33)22-11-8-12-23(17-22)36-3)21-13-14-24(25(18-21)37-4)38-19-20-9-6-5-7-10-20/h5-14,17-18,27,33H,15-16,19H2,1-4H3/b28-26+/t27-/m0/s1. The Balaban J connectivity index is 1.76. The molecule has 0 spiro atoms. The number of ether oxygens (including phenoxy) is 3. The molecule has 3 aromatic carbocycles. The Morgan fingerprint density at radius 2 is 1.68 bits per heavy atom. The van der Waals surface area contributed by atoms with Crippen molar-refractivity contribution >= 4 is 17.4 Å². The molecule has 3 aromatic rings. The van der Waals surface area contributed by atoms with Gasteiger partial charge in [-0.05, 0) is 49.5 Å². The van der Waals surface area contributed by atoms with Crippen LogP contribution in [0.4, 0.5) is 0 Å². The largest absolute Gasteiger partial charge is 0.507 e. The number of methoxy groups -OCH3 is 2. The zero-order chi connectivity index (χ0) is 27.2. The van der Waals surface area contributed by atoms with Crippen molar-refractivity contribution in [2.24, 2.45) is 0 Å². The molecule has 1 fully saturated rings. The summed E-state index contributed by atoms with van der Waals surface area (Å²) in [5.41, 5.74) is 2.03. The van der Waals surface area contributed by atoms with E-state index in [0.29, 0.717) is 48.1 Å². The number of nitrogens with zero attached hydrogens (tertiary/aromatic N) is 2. The number of aliphatic hydroxyl groups excluding tert-OH is 1. The predicted molar refractivity (Wildman–Crippen MR) is 144 cm³/mol. The average Bonchev–Trinajstić information content (AvgIpc) is 3.20. The van der Waals surface area contributed by atoms with E-state index in [0.717, 1.165) is 5.56 Å². The monoisotopic (exact) mass is 516 g/mol.